The SMILES string of the molecule is C/C(=C\CBr)CCC=C1CCCCC1. The third-order valence-electron chi connectivity index (χ3n) is 2.89. The molecule has 0 aromatic carbocycles. The molecule has 0 bridgehead atoms. The van der Waals surface area contributed by atoms with Crippen molar-refractivity contribution in [3.63, 3.8) is 0 Å². The number of allylic oxidation sites excluding steroid dienone is 4. The van der Waals surface area contributed by atoms with Crippen LogP contribution in [0.2, 0.25) is 0 Å². The normalized spacial score (nSPS) is 18.4. The van der Waals surface area contributed by atoms with Gasteiger partial charge in [0.15, 0.2) is 0 Å². The first-order valence-corrected chi connectivity index (χ1v) is 6.84. The lowest BCUT2D eigenvalue weighted by Crippen LogP contribution is -1.93. The first kappa shape index (κ1) is 12.0. The van der Waals surface area contributed by atoms with Gasteiger partial charge in [0, 0.05) is 5.33 Å². The van der Waals surface area contributed by atoms with Crippen molar-refractivity contribution in [2.24, 2.45) is 0 Å². The fourth-order valence-corrected chi connectivity index (χ4v) is 2.50. The van der Waals surface area contributed by atoms with Crippen LogP contribution in [0.3, 0.4) is 0 Å². The maximum Gasteiger partial charge on any atom is 0.0214 e. The summed E-state index contributed by atoms with van der Waals surface area (Å²) in [5.41, 5.74) is 3.22. The van der Waals surface area contributed by atoms with E-state index < -0.39 is 0 Å². The molecule has 80 valence electrons. The van der Waals surface area contributed by atoms with Gasteiger partial charge in [-0.3, -0.25) is 0 Å². The second-order valence-electron chi connectivity index (χ2n) is 4.17. The molecule has 14 heavy (non-hydrogen) atoms. The Bertz CT molecular complexity index is 205. The van der Waals surface area contributed by atoms with E-state index in [4.69, 9.17) is 0 Å². The summed E-state index contributed by atoms with van der Waals surface area (Å²) >= 11 is 3.43. The first-order valence-electron chi connectivity index (χ1n) is 5.72. The predicted molar refractivity (Wildman–Crippen MR) is 68.0 cm³/mol. The van der Waals surface area contributed by atoms with E-state index >= 15 is 0 Å². The molecule has 0 heterocycles. The molecule has 0 nitrogen and oxygen atoms in total. The van der Waals surface area contributed by atoms with E-state index in [-0.39, 0.29) is 0 Å². The summed E-state index contributed by atoms with van der Waals surface area (Å²) in [6.45, 7) is 2.22. The Morgan fingerprint density at radius 3 is 2.64 bits per heavy atom. The van der Waals surface area contributed by atoms with Crippen LogP contribution in [0, 0.1) is 0 Å². The number of alkyl halides is 1. The Balaban J connectivity index is 2.21. The topological polar surface area (TPSA) is 0 Å². The van der Waals surface area contributed by atoms with Crippen molar-refractivity contribution in [1.29, 1.82) is 0 Å². The highest BCUT2D eigenvalue weighted by Gasteiger charge is 2.03. The lowest BCUT2D eigenvalue weighted by atomic mass is 9.94. The molecular formula is C13H21Br. The molecule has 0 unspecified atom stereocenters. The minimum Gasteiger partial charge on any atom is -0.0883 e. The summed E-state index contributed by atoms with van der Waals surface area (Å²) < 4.78 is 0. The molecule has 0 N–H and O–H groups in total. The van der Waals surface area contributed by atoms with Gasteiger partial charge in [0.25, 0.3) is 0 Å². The summed E-state index contributed by atoms with van der Waals surface area (Å²) in [5.74, 6) is 0. The minimum absolute atomic E-state index is 0.995. The Morgan fingerprint density at radius 1 is 1.29 bits per heavy atom. The minimum atomic E-state index is 0.995. The monoisotopic (exact) mass is 256 g/mol. The van der Waals surface area contributed by atoms with Crippen molar-refractivity contribution in [2.75, 3.05) is 5.33 Å². The number of halogens is 1. The lowest BCUT2D eigenvalue weighted by molar-refractivity contribution is 0.596. The van der Waals surface area contributed by atoms with Crippen molar-refractivity contribution < 1.29 is 0 Å². The molecule has 0 aliphatic heterocycles. The van der Waals surface area contributed by atoms with Crippen LogP contribution >= 0.6 is 15.9 Å². The average Bonchev–Trinajstić information content (AvgIpc) is 2.20. The van der Waals surface area contributed by atoms with Gasteiger partial charge in [0.1, 0.15) is 0 Å². The van der Waals surface area contributed by atoms with Gasteiger partial charge < -0.3 is 0 Å². The van der Waals surface area contributed by atoms with Gasteiger partial charge >= 0.3 is 0 Å². The number of hydrogen-bond donors (Lipinski definition) is 0. The van der Waals surface area contributed by atoms with Gasteiger partial charge in [-0.05, 0) is 45.4 Å². The summed E-state index contributed by atoms with van der Waals surface area (Å²) in [5, 5.41) is 0.995. The molecule has 0 radical (unpaired) electrons. The highest BCUT2D eigenvalue weighted by atomic mass is 79.9. The van der Waals surface area contributed by atoms with Gasteiger partial charge in [0.05, 0.1) is 0 Å². The van der Waals surface area contributed by atoms with Crippen molar-refractivity contribution in [1.82, 2.24) is 0 Å². The van der Waals surface area contributed by atoms with Crippen LogP contribution in [-0.2, 0) is 0 Å². The predicted octanol–water partition coefficient (Wildman–Crippen LogP) is 5.00. The maximum atomic E-state index is 3.43. The zero-order valence-corrected chi connectivity index (χ0v) is 10.8. The Hall–Kier alpha value is -0.0400. The van der Waals surface area contributed by atoms with Crippen LogP contribution in [0.25, 0.3) is 0 Å². The van der Waals surface area contributed by atoms with Crippen molar-refractivity contribution >= 4 is 15.9 Å². The van der Waals surface area contributed by atoms with E-state index in [0.717, 1.165) is 5.33 Å². The standard InChI is InChI=1S/C13H21Br/c1-12(10-11-14)6-5-9-13-7-3-2-4-8-13/h9-10H,2-8,11H2,1H3/b12-10+. The molecule has 1 aliphatic rings. The molecule has 1 fully saturated rings. The van der Waals surface area contributed by atoms with Gasteiger partial charge in [-0.15, -0.1) is 0 Å². The van der Waals surface area contributed by atoms with Gasteiger partial charge in [0.2, 0.25) is 0 Å². The molecule has 1 rings (SSSR count). The summed E-state index contributed by atoms with van der Waals surface area (Å²) in [4.78, 5) is 0. The third kappa shape index (κ3) is 4.99. The molecule has 1 heteroatoms. The summed E-state index contributed by atoms with van der Waals surface area (Å²) in [6, 6.07) is 0. The van der Waals surface area contributed by atoms with Crippen LogP contribution < -0.4 is 0 Å². The van der Waals surface area contributed by atoms with Crippen LogP contribution in [0.5, 0.6) is 0 Å². The second-order valence-corrected chi connectivity index (χ2v) is 4.81. The summed E-state index contributed by atoms with van der Waals surface area (Å²) in [6.07, 6.45) is 14.2. The fourth-order valence-electron chi connectivity index (χ4n) is 1.95. The molecule has 1 saturated carbocycles. The number of rotatable bonds is 4. The van der Waals surface area contributed by atoms with Crippen molar-refractivity contribution in [2.45, 2.75) is 51.9 Å². The smallest absolute Gasteiger partial charge is 0.0214 e. The van der Waals surface area contributed by atoms with Crippen LogP contribution in [-0.4, -0.2) is 5.33 Å². The molecule has 0 saturated heterocycles. The van der Waals surface area contributed by atoms with Crippen molar-refractivity contribution in [3.05, 3.63) is 23.3 Å². The van der Waals surface area contributed by atoms with E-state index in [2.05, 4.69) is 35.0 Å². The first-order chi connectivity index (χ1) is 6.83. The number of hydrogen-bond acceptors (Lipinski definition) is 0. The second kappa shape index (κ2) is 7.28. The van der Waals surface area contributed by atoms with Crippen molar-refractivity contribution in [3.8, 4) is 0 Å². The maximum absolute atomic E-state index is 3.43. The largest absolute Gasteiger partial charge is 0.0883 e. The Labute approximate surface area is 96.6 Å². The Kier molecular flexibility index (Phi) is 6.25. The highest BCUT2D eigenvalue weighted by Crippen LogP contribution is 2.23. The van der Waals surface area contributed by atoms with Crippen LogP contribution in [0.4, 0.5) is 0 Å². The van der Waals surface area contributed by atoms with Gasteiger partial charge in [-0.25, -0.2) is 0 Å². The molecule has 0 spiro atoms. The quantitative estimate of drug-likeness (QED) is 0.491. The summed E-state index contributed by atoms with van der Waals surface area (Å²) in [7, 11) is 0. The molecule has 0 aromatic heterocycles. The van der Waals surface area contributed by atoms with E-state index in [9.17, 15) is 0 Å². The van der Waals surface area contributed by atoms with E-state index in [0.29, 0.717) is 0 Å². The molecule has 0 atom stereocenters. The van der Waals surface area contributed by atoms with Gasteiger partial charge in [-0.2, -0.15) is 0 Å². The van der Waals surface area contributed by atoms with E-state index in [1.54, 1.807) is 5.57 Å². The molecular weight excluding hydrogens is 236 g/mol. The third-order valence-corrected chi connectivity index (χ3v) is 3.22. The Morgan fingerprint density at radius 2 is 2.00 bits per heavy atom. The van der Waals surface area contributed by atoms with E-state index in [1.165, 1.54) is 50.5 Å². The molecule has 0 aromatic rings. The zero-order chi connectivity index (χ0) is 10.2. The highest BCUT2D eigenvalue weighted by molar-refractivity contribution is 9.09. The molecule has 1 aliphatic carbocycles. The van der Waals surface area contributed by atoms with Crippen LogP contribution in [0.1, 0.15) is 51.9 Å². The average molecular weight is 257 g/mol. The van der Waals surface area contributed by atoms with Gasteiger partial charge in [-0.1, -0.05) is 45.6 Å². The lowest BCUT2D eigenvalue weighted by Gasteiger charge is -2.13. The zero-order valence-electron chi connectivity index (χ0n) is 9.19. The molecule has 0 amide bonds. The van der Waals surface area contributed by atoms with E-state index in [1.807, 2.05) is 0 Å². The van der Waals surface area contributed by atoms with Crippen LogP contribution in [0.15, 0.2) is 23.3 Å². The fraction of sp³-hybridized carbons (Fsp3) is 0.692.